The molecule has 0 saturated carbocycles. The lowest BCUT2D eigenvalue weighted by Gasteiger charge is -2.27. The van der Waals surface area contributed by atoms with Gasteiger partial charge in [0, 0.05) is 31.0 Å². The van der Waals surface area contributed by atoms with Crippen LogP contribution in [0.15, 0.2) is 71.5 Å². The Bertz CT molecular complexity index is 1790. The maximum atomic E-state index is 14.1. The quantitative estimate of drug-likeness (QED) is 0.260. The molecule has 43 heavy (non-hydrogen) atoms. The van der Waals surface area contributed by atoms with Crippen molar-refractivity contribution in [1.82, 2.24) is 35.2 Å². The van der Waals surface area contributed by atoms with Gasteiger partial charge >= 0.3 is 0 Å². The van der Waals surface area contributed by atoms with Gasteiger partial charge in [-0.2, -0.15) is 10.3 Å². The summed E-state index contributed by atoms with van der Waals surface area (Å²) in [6.07, 6.45) is 5.56. The van der Waals surface area contributed by atoms with E-state index in [1.165, 1.54) is 0 Å². The molecule has 2 atom stereocenters. The summed E-state index contributed by atoms with van der Waals surface area (Å²) in [7, 11) is 0. The van der Waals surface area contributed by atoms with Crippen molar-refractivity contribution in [2.45, 2.75) is 63.6 Å². The van der Waals surface area contributed by atoms with Gasteiger partial charge in [0.15, 0.2) is 0 Å². The average molecular weight is 578 g/mol. The number of tetrazole rings is 1. The number of aryl methyl sites for hydroxylation is 1. The topological polar surface area (TPSA) is 122 Å². The number of fused-ring (bicyclic) bond motifs is 2. The van der Waals surface area contributed by atoms with E-state index in [2.05, 4.69) is 51.8 Å². The molecule has 2 saturated heterocycles. The van der Waals surface area contributed by atoms with Gasteiger partial charge in [0.1, 0.15) is 11.4 Å². The van der Waals surface area contributed by atoms with Crippen LogP contribution in [0.25, 0.3) is 33.4 Å². The highest BCUT2D eigenvalue weighted by molar-refractivity contribution is 5.80. The number of benzene rings is 3. The third kappa shape index (κ3) is 5.05. The predicted molar refractivity (Wildman–Crippen MR) is 163 cm³/mol. The Labute approximate surface area is 249 Å². The number of aliphatic hydroxyl groups excluding tert-OH is 1. The number of H-pyrrole nitrogens is 1. The average Bonchev–Trinajstić information content (AvgIpc) is 3.80. The normalized spacial score (nSPS) is 20.2. The van der Waals surface area contributed by atoms with Crippen molar-refractivity contribution in [1.29, 1.82) is 0 Å². The number of nitrogens with zero attached hydrogens (tertiary/aromatic N) is 6. The summed E-state index contributed by atoms with van der Waals surface area (Å²) < 4.78 is 1.81. The van der Waals surface area contributed by atoms with Crippen LogP contribution in [0.2, 0.25) is 0 Å². The van der Waals surface area contributed by atoms with Crippen molar-refractivity contribution in [3.05, 3.63) is 94.0 Å². The van der Waals surface area contributed by atoms with Gasteiger partial charge in [0.05, 0.1) is 24.1 Å². The molecule has 7 rings (SSSR count). The first-order valence-electron chi connectivity index (χ1n) is 15.1. The fourth-order valence-corrected chi connectivity index (χ4v) is 6.55. The van der Waals surface area contributed by atoms with Crippen molar-refractivity contribution in [2.24, 2.45) is 0 Å². The number of hydroxylamine groups is 2. The molecule has 0 unspecified atom stereocenters. The predicted octanol–water partition coefficient (Wildman–Crippen LogP) is 4.62. The third-order valence-electron chi connectivity index (χ3n) is 8.87. The van der Waals surface area contributed by atoms with E-state index in [1.54, 1.807) is 0 Å². The van der Waals surface area contributed by atoms with Crippen LogP contribution in [0.1, 0.15) is 56.0 Å². The maximum absolute atomic E-state index is 14.1. The number of unbranched alkanes of at least 4 members (excludes halogenated alkanes) is 1. The minimum atomic E-state index is -0.828. The van der Waals surface area contributed by atoms with Crippen LogP contribution in [0, 0.1) is 0 Å². The van der Waals surface area contributed by atoms with E-state index in [0.717, 1.165) is 72.3 Å². The van der Waals surface area contributed by atoms with Gasteiger partial charge in [-0.1, -0.05) is 67.9 Å². The molecule has 2 N–H and O–H groups in total. The van der Waals surface area contributed by atoms with E-state index >= 15 is 0 Å². The summed E-state index contributed by atoms with van der Waals surface area (Å²) in [6.45, 7) is 3.29. The van der Waals surface area contributed by atoms with Crippen LogP contribution in [0.3, 0.4) is 0 Å². The number of hydrogen-bond acceptors (Lipinski definition) is 8. The number of aliphatic hydroxyl groups is 1. The third-order valence-corrected chi connectivity index (χ3v) is 8.87. The highest BCUT2D eigenvalue weighted by atomic mass is 16.7. The fraction of sp³-hybridized carbons (Fsp3) is 0.364. The van der Waals surface area contributed by atoms with Crippen LogP contribution in [0.5, 0.6) is 0 Å². The molecule has 0 amide bonds. The second kappa shape index (κ2) is 11.4. The molecule has 2 aliphatic heterocycles. The Morgan fingerprint density at radius 3 is 2.67 bits per heavy atom. The smallest absolute Gasteiger partial charge is 0.261 e. The minimum absolute atomic E-state index is 0.0731. The Hall–Kier alpha value is -4.25. The van der Waals surface area contributed by atoms with Gasteiger partial charge in [-0.3, -0.25) is 14.2 Å². The Morgan fingerprint density at radius 1 is 1.09 bits per heavy atom. The molecule has 0 radical (unpaired) electrons. The molecule has 0 aliphatic carbocycles. The first-order chi connectivity index (χ1) is 21.1. The van der Waals surface area contributed by atoms with E-state index in [0.29, 0.717) is 35.7 Å². The number of rotatable bonds is 9. The summed E-state index contributed by atoms with van der Waals surface area (Å²) in [5.74, 6) is 1.33. The van der Waals surface area contributed by atoms with Crippen molar-refractivity contribution < 1.29 is 9.94 Å². The zero-order chi connectivity index (χ0) is 29.4. The van der Waals surface area contributed by atoms with Crippen LogP contribution in [-0.2, 0) is 23.4 Å². The second-order valence-electron chi connectivity index (χ2n) is 11.6. The van der Waals surface area contributed by atoms with E-state index in [4.69, 9.17) is 9.82 Å². The zero-order valence-corrected chi connectivity index (χ0v) is 24.2. The van der Waals surface area contributed by atoms with Gasteiger partial charge in [0.2, 0.25) is 5.82 Å². The number of nitrogens with one attached hydrogen (secondary N) is 1. The molecule has 3 aromatic carbocycles. The zero-order valence-electron chi connectivity index (χ0n) is 24.2. The fourth-order valence-electron chi connectivity index (χ4n) is 6.55. The summed E-state index contributed by atoms with van der Waals surface area (Å²) in [5, 5.41) is 27.6. The first-order valence-corrected chi connectivity index (χ1v) is 15.1. The lowest BCUT2D eigenvalue weighted by Crippen LogP contribution is -2.33. The monoisotopic (exact) mass is 577 g/mol. The van der Waals surface area contributed by atoms with Crippen molar-refractivity contribution in [2.75, 3.05) is 13.2 Å². The van der Waals surface area contributed by atoms with E-state index in [-0.39, 0.29) is 12.2 Å². The summed E-state index contributed by atoms with van der Waals surface area (Å²) in [5.41, 5.74) is 4.53. The molecular weight excluding hydrogens is 542 g/mol. The SMILES string of the molecule is CCCCc1nc2ccc([C@]3(CO)C[C@H]4CCCN4O3)cc2c(=O)n1Cc1ccc(-c2ccccc2-c2nn[nH]n2)cc1. The molecular formula is C33H35N7O3. The van der Waals surface area contributed by atoms with Gasteiger partial charge in [-0.25, -0.2) is 4.98 Å². The summed E-state index contributed by atoms with van der Waals surface area (Å²) in [6, 6.07) is 22.3. The molecule has 0 spiro atoms. The van der Waals surface area contributed by atoms with Gasteiger partial charge in [0.25, 0.3) is 5.56 Å². The highest BCUT2D eigenvalue weighted by Crippen LogP contribution is 2.43. The summed E-state index contributed by atoms with van der Waals surface area (Å²) in [4.78, 5) is 25.4. The second-order valence-corrected chi connectivity index (χ2v) is 11.6. The van der Waals surface area contributed by atoms with Crippen molar-refractivity contribution in [3.63, 3.8) is 0 Å². The molecule has 2 fully saturated rings. The molecule has 10 heteroatoms. The molecule has 2 aliphatic rings. The van der Waals surface area contributed by atoms with Gasteiger partial charge < -0.3 is 5.11 Å². The number of hydrogen-bond donors (Lipinski definition) is 2. The first kappa shape index (κ1) is 27.6. The lowest BCUT2D eigenvalue weighted by molar-refractivity contribution is -0.211. The molecule has 2 aromatic heterocycles. The standard InChI is InChI=1S/C33H35N7O3/c1-2-3-10-30-34-29-16-15-24(33(21-41)19-25-7-6-17-40(25)43-33)18-28(29)32(42)39(30)20-22-11-13-23(14-12-22)26-8-4-5-9-27(26)31-35-37-38-36-31/h4-5,8-9,11-16,18,25,41H,2-3,6-7,10,17,19-21H2,1H3,(H,35,36,37,38)/t25-,33-/m1/s1. The Kier molecular flexibility index (Phi) is 7.34. The van der Waals surface area contributed by atoms with Crippen molar-refractivity contribution >= 4 is 10.9 Å². The lowest BCUT2D eigenvalue weighted by atomic mass is 9.88. The summed E-state index contributed by atoms with van der Waals surface area (Å²) >= 11 is 0. The van der Waals surface area contributed by atoms with Crippen LogP contribution in [-0.4, -0.2) is 59.5 Å². The molecule has 0 bridgehead atoms. The molecule has 4 heterocycles. The maximum Gasteiger partial charge on any atom is 0.261 e. The minimum Gasteiger partial charge on any atom is -0.393 e. The number of aromatic nitrogens is 6. The Balaban J connectivity index is 1.24. The van der Waals surface area contributed by atoms with Gasteiger partial charge in [-0.05, 0) is 58.9 Å². The highest BCUT2D eigenvalue weighted by Gasteiger charge is 2.48. The number of aromatic amines is 1. The van der Waals surface area contributed by atoms with Crippen LogP contribution < -0.4 is 5.56 Å². The van der Waals surface area contributed by atoms with Crippen LogP contribution in [0.4, 0.5) is 0 Å². The molecule has 5 aromatic rings. The van der Waals surface area contributed by atoms with E-state index in [1.807, 2.05) is 52.1 Å². The largest absolute Gasteiger partial charge is 0.393 e. The molecule has 10 nitrogen and oxygen atoms in total. The Morgan fingerprint density at radius 2 is 1.93 bits per heavy atom. The van der Waals surface area contributed by atoms with Gasteiger partial charge in [-0.15, -0.1) is 10.2 Å². The molecule has 220 valence electrons. The van der Waals surface area contributed by atoms with E-state index in [9.17, 15) is 9.90 Å². The van der Waals surface area contributed by atoms with E-state index < -0.39 is 5.60 Å². The van der Waals surface area contributed by atoms with Crippen LogP contribution >= 0.6 is 0 Å². The van der Waals surface area contributed by atoms with Crippen molar-refractivity contribution in [3.8, 4) is 22.5 Å².